The number of carbonyl (C=O) groups excluding carboxylic acids is 1. The van der Waals surface area contributed by atoms with E-state index in [4.69, 9.17) is 20.8 Å². The molecule has 2 aromatic heterocycles. The van der Waals surface area contributed by atoms with Crippen LogP contribution in [0.3, 0.4) is 0 Å². The summed E-state index contributed by atoms with van der Waals surface area (Å²) in [5.74, 6) is -0.0322. The lowest BCUT2D eigenvalue weighted by Gasteiger charge is -2.09. The largest absolute Gasteiger partial charge is 0.449 e. The van der Waals surface area contributed by atoms with Crippen molar-refractivity contribution in [1.29, 1.82) is 0 Å². The van der Waals surface area contributed by atoms with E-state index in [2.05, 4.69) is 15.2 Å². The Balaban J connectivity index is 1.74. The summed E-state index contributed by atoms with van der Waals surface area (Å²) in [5, 5.41) is 7.96. The molecule has 0 spiro atoms. The van der Waals surface area contributed by atoms with Crippen LogP contribution in [0.15, 0.2) is 53.1 Å². The highest BCUT2D eigenvalue weighted by atomic mass is 35.5. The molecular formula is C16H12ClN3O3. The van der Waals surface area contributed by atoms with Gasteiger partial charge in [-0.1, -0.05) is 29.8 Å². The highest BCUT2D eigenvalue weighted by molar-refractivity contribution is 6.32. The zero-order valence-corrected chi connectivity index (χ0v) is 12.9. The van der Waals surface area contributed by atoms with Crippen molar-refractivity contribution in [2.45, 2.75) is 13.0 Å². The van der Waals surface area contributed by atoms with E-state index in [1.165, 1.54) is 12.3 Å². The summed E-state index contributed by atoms with van der Waals surface area (Å²) < 4.78 is 10.8. The molecule has 0 saturated heterocycles. The van der Waals surface area contributed by atoms with Gasteiger partial charge in [0.1, 0.15) is 5.15 Å². The van der Waals surface area contributed by atoms with Crippen molar-refractivity contribution in [3.05, 3.63) is 65.3 Å². The van der Waals surface area contributed by atoms with Crippen LogP contribution in [0.5, 0.6) is 0 Å². The molecule has 0 N–H and O–H groups in total. The average Bonchev–Trinajstić information content (AvgIpc) is 3.06. The SMILES string of the molecule is C[C@H](OC(=O)c1cccnc1Cl)c1nnc(-c2ccccc2)o1. The number of nitrogens with zero attached hydrogens (tertiary/aromatic N) is 3. The van der Waals surface area contributed by atoms with E-state index in [0.717, 1.165) is 5.56 Å². The highest BCUT2D eigenvalue weighted by Gasteiger charge is 2.21. The van der Waals surface area contributed by atoms with Crippen molar-refractivity contribution in [3.8, 4) is 11.5 Å². The monoisotopic (exact) mass is 329 g/mol. The molecule has 7 heteroatoms. The van der Waals surface area contributed by atoms with E-state index in [9.17, 15) is 4.79 Å². The van der Waals surface area contributed by atoms with Gasteiger partial charge in [-0.05, 0) is 31.2 Å². The highest BCUT2D eigenvalue weighted by Crippen LogP contribution is 2.23. The van der Waals surface area contributed by atoms with Gasteiger partial charge in [0.15, 0.2) is 6.10 Å². The summed E-state index contributed by atoms with van der Waals surface area (Å²) in [4.78, 5) is 15.9. The predicted molar refractivity (Wildman–Crippen MR) is 82.8 cm³/mol. The minimum Gasteiger partial charge on any atom is -0.449 e. The number of esters is 1. The lowest BCUT2D eigenvalue weighted by molar-refractivity contribution is 0.0279. The van der Waals surface area contributed by atoms with E-state index in [1.54, 1.807) is 13.0 Å². The van der Waals surface area contributed by atoms with Crippen LogP contribution >= 0.6 is 11.6 Å². The molecule has 0 aliphatic rings. The molecule has 1 atom stereocenters. The molecule has 0 radical (unpaired) electrons. The van der Waals surface area contributed by atoms with Crippen LogP contribution in [0, 0.1) is 0 Å². The topological polar surface area (TPSA) is 78.1 Å². The number of hydrogen-bond donors (Lipinski definition) is 0. The molecule has 2 heterocycles. The first kappa shape index (κ1) is 15.2. The number of ether oxygens (including phenoxy) is 1. The van der Waals surface area contributed by atoms with E-state index in [1.807, 2.05) is 30.3 Å². The van der Waals surface area contributed by atoms with Gasteiger partial charge in [0.2, 0.25) is 5.89 Å². The Morgan fingerprint density at radius 3 is 2.70 bits per heavy atom. The summed E-state index contributed by atoms with van der Waals surface area (Å²) in [7, 11) is 0. The lowest BCUT2D eigenvalue weighted by atomic mass is 10.2. The summed E-state index contributed by atoms with van der Waals surface area (Å²) in [6.07, 6.45) is 0.788. The average molecular weight is 330 g/mol. The van der Waals surface area contributed by atoms with E-state index >= 15 is 0 Å². The van der Waals surface area contributed by atoms with Crippen molar-refractivity contribution in [3.63, 3.8) is 0 Å². The van der Waals surface area contributed by atoms with Gasteiger partial charge in [-0.2, -0.15) is 0 Å². The number of aromatic nitrogens is 3. The van der Waals surface area contributed by atoms with E-state index in [0.29, 0.717) is 5.89 Å². The van der Waals surface area contributed by atoms with Gasteiger partial charge >= 0.3 is 5.97 Å². The Morgan fingerprint density at radius 1 is 1.17 bits per heavy atom. The first-order chi connectivity index (χ1) is 11.1. The summed E-state index contributed by atoms with van der Waals surface area (Å²) >= 11 is 5.87. The maximum Gasteiger partial charge on any atom is 0.342 e. The van der Waals surface area contributed by atoms with Gasteiger partial charge in [0.25, 0.3) is 5.89 Å². The van der Waals surface area contributed by atoms with Gasteiger partial charge in [0.05, 0.1) is 5.56 Å². The second-order valence-corrected chi connectivity index (χ2v) is 5.06. The predicted octanol–water partition coefficient (Wildman–Crippen LogP) is 3.70. The molecular weight excluding hydrogens is 318 g/mol. The van der Waals surface area contributed by atoms with Crippen molar-refractivity contribution in [1.82, 2.24) is 15.2 Å². The molecule has 116 valence electrons. The normalized spacial score (nSPS) is 11.9. The number of carbonyl (C=O) groups is 1. The first-order valence-electron chi connectivity index (χ1n) is 6.85. The number of pyridine rings is 1. The summed E-state index contributed by atoms with van der Waals surface area (Å²) in [5.41, 5.74) is 0.976. The fourth-order valence-corrected chi connectivity index (χ4v) is 2.11. The third kappa shape index (κ3) is 3.37. The second-order valence-electron chi connectivity index (χ2n) is 4.70. The third-order valence-corrected chi connectivity index (χ3v) is 3.37. The van der Waals surface area contributed by atoms with E-state index < -0.39 is 12.1 Å². The Kier molecular flexibility index (Phi) is 4.34. The first-order valence-corrected chi connectivity index (χ1v) is 7.23. The van der Waals surface area contributed by atoms with Crippen LogP contribution in [-0.2, 0) is 4.74 Å². The molecule has 0 aliphatic heterocycles. The minimum atomic E-state index is -0.705. The second kappa shape index (κ2) is 6.58. The summed E-state index contributed by atoms with van der Waals surface area (Å²) in [6.45, 7) is 1.64. The zero-order chi connectivity index (χ0) is 16.2. The van der Waals surface area contributed by atoms with Crippen molar-refractivity contribution in [2.24, 2.45) is 0 Å². The van der Waals surface area contributed by atoms with Crippen LogP contribution < -0.4 is 0 Å². The number of halogens is 1. The fourth-order valence-electron chi connectivity index (χ4n) is 1.91. The Morgan fingerprint density at radius 2 is 1.96 bits per heavy atom. The van der Waals surface area contributed by atoms with Crippen LogP contribution in [0.4, 0.5) is 0 Å². The molecule has 0 bridgehead atoms. The van der Waals surface area contributed by atoms with Crippen LogP contribution in [0.2, 0.25) is 5.15 Å². The van der Waals surface area contributed by atoms with Gasteiger partial charge in [-0.25, -0.2) is 9.78 Å². The molecule has 0 fully saturated rings. The maximum absolute atomic E-state index is 12.1. The van der Waals surface area contributed by atoms with Crippen LogP contribution in [0.1, 0.15) is 29.3 Å². The van der Waals surface area contributed by atoms with Gasteiger partial charge in [-0.3, -0.25) is 0 Å². The number of rotatable bonds is 4. The molecule has 3 aromatic rings. The summed E-state index contributed by atoms with van der Waals surface area (Å²) in [6, 6.07) is 12.5. The van der Waals surface area contributed by atoms with Crippen LogP contribution in [0.25, 0.3) is 11.5 Å². The lowest BCUT2D eigenvalue weighted by Crippen LogP contribution is -2.10. The standard InChI is InChI=1S/C16H12ClN3O3/c1-10(22-16(21)12-8-5-9-18-13(12)17)14-19-20-15(23-14)11-6-3-2-4-7-11/h2-10H,1H3/t10-/m0/s1. The number of hydrogen-bond acceptors (Lipinski definition) is 6. The Bertz CT molecular complexity index is 820. The zero-order valence-electron chi connectivity index (χ0n) is 12.1. The minimum absolute atomic E-state index is 0.0835. The maximum atomic E-state index is 12.1. The molecule has 23 heavy (non-hydrogen) atoms. The fraction of sp³-hybridized carbons (Fsp3) is 0.125. The van der Waals surface area contributed by atoms with Crippen molar-refractivity contribution >= 4 is 17.6 Å². The quantitative estimate of drug-likeness (QED) is 0.536. The number of benzene rings is 1. The van der Waals surface area contributed by atoms with Gasteiger partial charge < -0.3 is 9.15 Å². The smallest absolute Gasteiger partial charge is 0.342 e. The van der Waals surface area contributed by atoms with E-state index in [-0.39, 0.29) is 16.6 Å². The molecule has 6 nitrogen and oxygen atoms in total. The third-order valence-electron chi connectivity index (χ3n) is 3.07. The molecule has 0 amide bonds. The molecule has 0 unspecified atom stereocenters. The molecule has 3 rings (SSSR count). The van der Waals surface area contributed by atoms with Crippen LogP contribution in [-0.4, -0.2) is 21.2 Å². The molecule has 0 aliphatic carbocycles. The Labute approximate surface area is 137 Å². The molecule has 1 aromatic carbocycles. The molecule has 0 saturated carbocycles. The van der Waals surface area contributed by atoms with Crippen molar-refractivity contribution < 1.29 is 13.9 Å². The van der Waals surface area contributed by atoms with Gasteiger partial charge in [-0.15, -0.1) is 10.2 Å². The van der Waals surface area contributed by atoms with Crippen molar-refractivity contribution in [2.75, 3.05) is 0 Å². The Hall–Kier alpha value is -2.73. The van der Waals surface area contributed by atoms with Gasteiger partial charge in [0, 0.05) is 11.8 Å².